The fraction of sp³-hybridized carbons (Fsp3) is 0.538. The van der Waals surface area contributed by atoms with E-state index in [1.807, 2.05) is 0 Å². The van der Waals surface area contributed by atoms with E-state index in [9.17, 15) is 4.79 Å². The van der Waals surface area contributed by atoms with E-state index in [4.69, 9.17) is 9.05 Å². The highest BCUT2D eigenvalue weighted by atomic mass is 16.5. The second-order valence-corrected chi connectivity index (χ2v) is 5.31. The molecule has 1 aliphatic carbocycles. The van der Waals surface area contributed by atoms with Crippen molar-refractivity contribution >= 4 is 5.91 Å². The molecule has 1 amide bonds. The Labute approximate surface area is 114 Å². The Morgan fingerprint density at radius 1 is 1.30 bits per heavy atom. The summed E-state index contributed by atoms with van der Waals surface area (Å²) >= 11 is 0. The van der Waals surface area contributed by atoms with E-state index in [2.05, 4.69) is 15.3 Å². The van der Waals surface area contributed by atoms with E-state index in [0.29, 0.717) is 29.9 Å². The monoisotopic (exact) mass is 274 g/mol. The minimum atomic E-state index is -0.140. The summed E-state index contributed by atoms with van der Waals surface area (Å²) in [6.07, 6.45) is 5.43. The molecular weight excluding hydrogens is 260 g/mol. The van der Waals surface area contributed by atoms with Gasteiger partial charge in [0.05, 0.1) is 6.04 Å². The van der Waals surface area contributed by atoms with Crippen molar-refractivity contribution < 1.29 is 13.8 Å². The molecule has 0 aromatic carbocycles. The van der Waals surface area contributed by atoms with Crippen molar-refractivity contribution in [2.24, 2.45) is 0 Å². The fourth-order valence-electron chi connectivity index (χ4n) is 2.63. The molecule has 2 aromatic heterocycles. The van der Waals surface area contributed by atoms with Gasteiger partial charge < -0.3 is 13.9 Å². The third-order valence-electron chi connectivity index (χ3n) is 3.85. The molecule has 1 aliphatic heterocycles. The normalized spacial score (nSPS) is 22.4. The van der Waals surface area contributed by atoms with Crippen LogP contribution in [0.1, 0.15) is 59.8 Å². The lowest BCUT2D eigenvalue weighted by molar-refractivity contribution is 0.0718. The predicted octanol–water partition coefficient (Wildman–Crippen LogP) is 1.91. The van der Waals surface area contributed by atoms with Gasteiger partial charge in [-0.3, -0.25) is 4.79 Å². The van der Waals surface area contributed by atoms with Crippen molar-refractivity contribution in [3.8, 4) is 0 Å². The predicted molar refractivity (Wildman–Crippen MR) is 65.8 cm³/mol. The summed E-state index contributed by atoms with van der Waals surface area (Å²) in [6.45, 7) is 0.684. The summed E-state index contributed by atoms with van der Waals surface area (Å²) in [5, 5.41) is 7.75. The quantitative estimate of drug-likeness (QED) is 0.849. The number of nitrogens with zero attached hydrogens (tertiary/aromatic N) is 4. The van der Waals surface area contributed by atoms with Crippen LogP contribution >= 0.6 is 0 Å². The van der Waals surface area contributed by atoms with Gasteiger partial charge in [0, 0.05) is 18.5 Å². The van der Waals surface area contributed by atoms with Crippen molar-refractivity contribution in [1.82, 2.24) is 20.2 Å². The SMILES string of the molecule is O=C(c1ccon1)N1CCC[C@H]1c1noc(C2CC2)n1. The number of carbonyl (C=O) groups is 1. The number of amides is 1. The zero-order valence-electron chi connectivity index (χ0n) is 10.9. The van der Waals surface area contributed by atoms with Crippen LogP contribution in [-0.4, -0.2) is 32.6 Å². The molecule has 0 N–H and O–H groups in total. The van der Waals surface area contributed by atoms with Crippen LogP contribution in [0.4, 0.5) is 0 Å². The van der Waals surface area contributed by atoms with Gasteiger partial charge in [0.25, 0.3) is 5.91 Å². The molecule has 2 aliphatic rings. The van der Waals surface area contributed by atoms with Crippen LogP contribution in [0.3, 0.4) is 0 Å². The van der Waals surface area contributed by atoms with Gasteiger partial charge in [-0.1, -0.05) is 10.3 Å². The minimum absolute atomic E-state index is 0.115. The molecule has 104 valence electrons. The molecule has 1 saturated heterocycles. The largest absolute Gasteiger partial charge is 0.364 e. The first-order valence-corrected chi connectivity index (χ1v) is 6.88. The number of carbonyl (C=O) groups excluding carboxylic acids is 1. The van der Waals surface area contributed by atoms with Crippen molar-refractivity contribution in [3.63, 3.8) is 0 Å². The first-order valence-electron chi connectivity index (χ1n) is 6.88. The molecule has 3 heterocycles. The summed E-state index contributed by atoms with van der Waals surface area (Å²) < 4.78 is 10.0. The van der Waals surface area contributed by atoms with E-state index in [0.717, 1.165) is 25.7 Å². The maximum Gasteiger partial charge on any atom is 0.276 e. The molecule has 4 rings (SSSR count). The van der Waals surface area contributed by atoms with Gasteiger partial charge in [0.15, 0.2) is 11.5 Å². The summed E-state index contributed by atoms with van der Waals surface area (Å²) in [5.74, 6) is 1.61. The smallest absolute Gasteiger partial charge is 0.276 e. The molecule has 7 heteroatoms. The molecule has 1 atom stereocenters. The third-order valence-corrected chi connectivity index (χ3v) is 3.85. The van der Waals surface area contributed by atoms with Gasteiger partial charge in [-0.2, -0.15) is 4.98 Å². The lowest BCUT2D eigenvalue weighted by Gasteiger charge is -2.20. The van der Waals surface area contributed by atoms with Crippen molar-refractivity contribution in [2.45, 2.75) is 37.6 Å². The van der Waals surface area contributed by atoms with Gasteiger partial charge in [-0.15, -0.1) is 0 Å². The Hall–Kier alpha value is -2.18. The highest BCUT2D eigenvalue weighted by Gasteiger charge is 2.36. The summed E-state index contributed by atoms with van der Waals surface area (Å²) in [6, 6.07) is 1.46. The fourth-order valence-corrected chi connectivity index (χ4v) is 2.63. The zero-order valence-corrected chi connectivity index (χ0v) is 10.9. The lowest BCUT2D eigenvalue weighted by atomic mass is 10.2. The third kappa shape index (κ3) is 1.90. The van der Waals surface area contributed by atoms with E-state index < -0.39 is 0 Å². The van der Waals surface area contributed by atoms with Gasteiger partial charge in [0.1, 0.15) is 6.26 Å². The first-order chi connectivity index (χ1) is 9.83. The topological polar surface area (TPSA) is 85.3 Å². The van der Waals surface area contributed by atoms with Crippen LogP contribution < -0.4 is 0 Å². The molecule has 0 unspecified atom stereocenters. The standard InChI is InChI=1S/C13H14N4O3/c18-13(9-5-7-19-15-9)17-6-1-2-10(17)11-14-12(20-16-11)8-3-4-8/h5,7-8,10H,1-4,6H2/t10-/m0/s1. The van der Waals surface area contributed by atoms with E-state index in [1.54, 1.807) is 11.0 Å². The first kappa shape index (κ1) is 11.6. The number of rotatable bonds is 3. The van der Waals surface area contributed by atoms with Crippen LogP contribution in [0.25, 0.3) is 0 Å². The van der Waals surface area contributed by atoms with Crippen LogP contribution in [0.5, 0.6) is 0 Å². The summed E-state index contributed by atoms with van der Waals surface area (Å²) in [7, 11) is 0. The van der Waals surface area contributed by atoms with E-state index in [1.165, 1.54) is 6.26 Å². The van der Waals surface area contributed by atoms with Crippen LogP contribution in [0.15, 0.2) is 21.4 Å². The molecule has 0 spiro atoms. The number of aromatic nitrogens is 3. The zero-order chi connectivity index (χ0) is 13.5. The molecule has 0 bridgehead atoms. The van der Waals surface area contributed by atoms with Crippen molar-refractivity contribution in [1.29, 1.82) is 0 Å². The van der Waals surface area contributed by atoms with Crippen LogP contribution in [0.2, 0.25) is 0 Å². The van der Waals surface area contributed by atoms with E-state index >= 15 is 0 Å². The van der Waals surface area contributed by atoms with E-state index in [-0.39, 0.29) is 11.9 Å². The Kier molecular flexibility index (Phi) is 2.58. The summed E-state index contributed by atoms with van der Waals surface area (Å²) in [4.78, 5) is 18.6. The van der Waals surface area contributed by atoms with Gasteiger partial charge >= 0.3 is 0 Å². The summed E-state index contributed by atoms with van der Waals surface area (Å²) in [5.41, 5.74) is 0.322. The number of hydrogen-bond acceptors (Lipinski definition) is 6. The highest BCUT2D eigenvalue weighted by molar-refractivity contribution is 5.92. The maximum atomic E-state index is 12.4. The van der Waals surface area contributed by atoms with Gasteiger partial charge in [-0.25, -0.2) is 0 Å². The molecular formula is C13H14N4O3. The molecule has 0 radical (unpaired) electrons. The average Bonchev–Trinajstić information content (AvgIpc) is 2.97. The molecule has 1 saturated carbocycles. The molecule has 2 fully saturated rings. The van der Waals surface area contributed by atoms with Gasteiger partial charge in [0.2, 0.25) is 5.89 Å². The van der Waals surface area contributed by atoms with Crippen molar-refractivity contribution in [3.05, 3.63) is 29.7 Å². The maximum absolute atomic E-state index is 12.4. The average molecular weight is 274 g/mol. The second kappa shape index (κ2) is 4.43. The molecule has 20 heavy (non-hydrogen) atoms. The van der Waals surface area contributed by atoms with Crippen LogP contribution in [-0.2, 0) is 0 Å². The number of hydrogen-bond donors (Lipinski definition) is 0. The Balaban J connectivity index is 1.58. The minimum Gasteiger partial charge on any atom is -0.364 e. The Morgan fingerprint density at radius 3 is 2.95 bits per heavy atom. The highest BCUT2D eigenvalue weighted by Crippen LogP contribution is 2.40. The van der Waals surface area contributed by atoms with Crippen molar-refractivity contribution in [2.75, 3.05) is 6.54 Å². The lowest BCUT2D eigenvalue weighted by Crippen LogP contribution is -2.31. The van der Waals surface area contributed by atoms with Gasteiger partial charge in [-0.05, 0) is 25.7 Å². The number of likely N-dealkylation sites (tertiary alicyclic amines) is 1. The molecule has 2 aromatic rings. The van der Waals surface area contributed by atoms with Crippen LogP contribution in [0, 0.1) is 0 Å². The molecule has 7 nitrogen and oxygen atoms in total. The second-order valence-electron chi connectivity index (χ2n) is 5.31. The Morgan fingerprint density at radius 2 is 2.20 bits per heavy atom. The Bertz CT molecular complexity index is 617.